The molecular formula is C25H14F6N2O3S. The van der Waals surface area contributed by atoms with Crippen LogP contribution in [-0.2, 0) is 28.9 Å². The second-order valence-electron chi connectivity index (χ2n) is 8.27. The zero-order valence-corrected chi connectivity index (χ0v) is 19.2. The number of hydrogen-bond acceptors (Lipinski definition) is 4. The minimum absolute atomic E-state index is 0.0119. The fourth-order valence-corrected chi connectivity index (χ4v) is 5.79. The van der Waals surface area contributed by atoms with Crippen molar-refractivity contribution in [3.8, 4) is 11.1 Å². The number of pyridine rings is 1. The maximum absolute atomic E-state index is 13.7. The lowest BCUT2D eigenvalue weighted by Crippen LogP contribution is -2.29. The molecule has 190 valence electrons. The van der Waals surface area contributed by atoms with E-state index in [2.05, 4.69) is 4.98 Å². The number of benzene rings is 3. The Labute approximate surface area is 206 Å². The number of halogens is 6. The summed E-state index contributed by atoms with van der Waals surface area (Å²) in [6, 6.07) is 12.5. The average molecular weight is 536 g/mol. The van der Waals surface area contributed by atoms with E-state index in [1.807, 2.05) is 0 Å². The van der Waals surface area contributed by atoms with Gasteiger partial charge in [0.1, 0.15) is 4.90 Å². The van der Waals surface area contributed by atoms with Gasteiger partial charge in [-0.1, -0.05) is 30.3 Å². The molecule has 0 unspecified atom stereocenters. The molecule has 0 atom stereocenters. The first kappa shape index (κ1) is 24.8. The van der Waals surface area contributed by atoms with Crippen molar-refractivity contribution in [2.75, 3.05) is 0 Å². The van der Waals surface area contributed by atoms with E-state index in [1.54, 1.807) is 30.3 Å². The molecule has 0 bridgehead atoms. The summed E-state index contributed by atoms with van der Waals surface area (Å²) in [5.74, 6) is -0.960. The lowest BCUT2D eigenvalue weighted by Gasteiger charge is -2.16. The smallest absolute Gasteiger partial charge is 0.268 e. The minimum atomic E-state index is -5.14. The second-order valence-corrected chi connectivity index (χ2v) is 10.1. The van der Waals surface area contributed by atoms with Crippen molar-refractivity contribution in [2.24, 2.45) is 0 Å². The van der Waals surface area contributed by atoms with Crippen LogP contribution < -0.4 is 0 Å². The molecule has 0 saturated heterocycles. The third-order valence-electron chi connectivity index (χ3n) is 6.02. The molecule has 0 radical (unpaired) electrons. The lowest BCUT2D eigenvalue weighted by atomic mass is 9.95. The molecule has 37 heavy (non-hydrogen) atoms. The SMILES string of the molecule is O=C1c2cc(-c3ccc(C(F)(F)F)cc3C(F)(F)F)ccc2S(=O)(=O)N1Cc1ccnc2ccccc12. The molecule has 2 heterocycles. The van der Waals surface area contributed by atoms with Crippen LogP contribution in [0.2, 0.25) is 0 Å². The number of aromatic nitrogens is 1. The molecule has 0 N–H and O–H groups in total. The van der Waals surface area contributed by atoms with E-state index < -0.39 is 49.9 Å². The maximum atomic E-state index is 13.7. The van der Waals surface area contributed by atoms with Gasteiger partial charge in [0, 0.05) is 11.6 Å². The molecule has 1 aliphatic heterocycles. The summed E-state index contributed by atoms with van der Waals surface area (Å²) in [5, 5.41) is 0.615. The van der Waals surface area contributed by atoms with Crippen molar-refractivity contribution < 1.29 is 39.6 Å². The number of hydrogen-bond donors (Lipinski definition) is 0. The molecule has 5 nitrogen and oxygen atoms in total. The number of rotatable bonds is 3. The van der Waals surface area contributed by atoms with Crippen molar-refractivity contribution in [3.63, 3.8) is 0 Å². The van der Waals surface area contributed by atoms with Crippen LogP contribution in [0.25, 0.3) is 22.0 Å². The average Bonchev–Trinajstić information content (AvgIpc) is 3.03. The highest BCUT2D eigenvalue weighted by Crippen LogP contribution is 2.42. The maximum Gasteiger partial charge on any atom is 0.417 e. The third-order valence-corrected chi connectivity index (χ3v) is 7.81. The highest BCUT2D eigenvalue weighted by Gasteiger charge is 2.42. The molecular weight excluding hydrogens is 522 g/mol. The number of fused-ring (bicyclic) bond motifs is 2. The lowest BCUT2D eigenvalue weighted by molar-refractivity contribution is -0.142. The van der Waals surface area contributed by atoms with E-state index >= 15 is 0 Å². The summed E-state index contributed by atoms with van der Waals surface area (Å²) in [7, 11) is -4.33. The first-order chi connectivity index (χ1) is 17.3. The summed E-state index contributed by atoms with van der Waals surface area (Å²) in [4.78, 5) is 17.0. The van der Waals surface area contributed by atoms with Crippen molar-refractivity contribution in [3.05, 3.63) is 95.2 Å². The van der Waals surface area contributed by atoms with E-state index in [9.17, 15) is 39.6 Å². The zero-order valence-electron chi connectivity index (χ0n) is 18.4. The number of carbonyl (C=O) groups excluding carboxylic acids is 1. The molecule has 1 amide bonds. The van der Waals surface area contributed by atoms with Crippen molar-refractivity contribution in [1.29, 1.82) is 0 Å². The highest BCUT2D eigenvalue weighted by atomic mass is 32.2. The predicted molar refractivity (Wildman–Crippen MR) is 121 cm³/mol. The van der Waals surface area contributed by atoms with Gasteiger partial charge < -0.3 is 0 Å². The van der Waals surface area contributed by atoms with E-state index in [0.717, 1.165) is 18.2 Å². The van der Waals surface area contributed by atoms with Crippen LogP contribution in [0.15, 0.2) is 77.8 Å². The predicted octanol–water partition coefficient (Wildman–Crippen LogP) is 6.28. The first-order valence-electron chi connectivity index (χ1n) is 10.6. The Balaban J connectivity index is 1.58. The van der Waals surface area contributed by atoms with Crippen LogP contribution in [0.4, 0.5) is 26.3 Å². The van der Waals surface area contributed by atoms with Crippen molar-refractivity contribution >= 4 is 26.8 Å². The Kier molecular flexibility index (Phi) is 5.55. The van der Waals surface area contributed by atoms with Crippen LogP contribution in [0.5, 0.6) is 0 Å². The monoisotopic (exact) mass is 536 g/mol. The third kappa shape index (κ3) is 4.20. The fraction of sp³-hybridized carbons (Fsp3) is 0.120. The quantitative estimate of drug-likeness (QED) is 0.289. The topological polar surface area (TPSA) is 67.3 Å². The summed E-state index contributed by atoms with van der Waals surface area (Å²) >= 11 is 0. The van der Waals surface area contributed by atoms with E-state index in [0.29, 0.717) is 32.9 Å². The Morgan fingerprint density at radius 1 is 0.811 bits per heavy atom. The van der Waals surface area contributed by atoms with Gasteiger partial charge in [-0.25, -0.2) is 12.7 Å². The summed E-state index contributed by atoms with van der Waals surface area (Å²) in [5.41, 5.74) is -3.23. The highest BCUT2D eigenvalue weighted by molar-refractivity contribution is 7.90. The van der Waals surface area contributed by atoms with Gasteiger partial charge in [-0.3, -0.25) is 9.78 Å². The van der Waals surface area contributed by atoms with Gasteiger partial charge in [0.25, 0.3) is 15.9 Å². The van der Waals surface area contributed by atoms with Crippen LogP contribution in [0.1, 0.15) is 27.0 Å². The van der Waals surface area contributed by atoms with Gasteiger partial charge in [0.2, 0.25) is 0 Å². The minimum Gasteiger partial charge on any atom is -0.268 e. The van der Waals surface area contributed by atoms with Gasteiger partial charge in [0.15, 0.2) is 0 Å². The standard InChI is InChI=1S/C25H14F6N2O3S/c26-24(27,28)16-6-7-17(20(12-16)25(29,30)31)14-5-8-22-19(11-14)23(34)33(37(22,35)36)13-15-9-10-32-21-4-2-1-3-18(15)21/h1-12H,13H2. The summed E-state index contributed by atoms with van der Waals surface area (Å²) in [6.45, 7) is -0.345. The molecule has 0 spiro atoms. The molecule has 12 heteroatoms. The second kappa shape index (κ2) is 8.30. The number of alkyl halides is 6. The Bertz CT molecular complexity index is 1680. The van der Waals surface area contributed by atoms with Crippen molar-refractivity contribution in [1.82, 2.24) is 9.29 Å². The number of nitrogens with zero attached hydrogens (tertiary/aromatic N) is 2. The molecule has 0 saturated carbocycles. The Hall–Kier alpha value is -3.93. The summed E-state index contributed by atoms with van der Waals surface area (Å²) < 4.78 is 107. The van der Waals surface area contributed by atoms with Gasteiger partial charge >= 0.3 is 12.4 Å². The van der Waals surface area contributed by atoms with Gasteiger partial charge in [-0.05, 0) is 53.1 Å². The van der Waals surface area contributed by atoms with E-state index in [4.69, 9.17) is 0 Å². The molecule has 5 rings (SSSR count). The zero-order chi connectivity index (χ0) is 26.8. The molecule has 4 aromatic rings. The van der Waals surface area contributed by atoms with Crippen LogP contribution in [0, 0.1) is 0 Å². The number of carbonyl (C=O) groups is 1. The normalized spacial score (nSPS) is 15.3. The van der Waals surface area contributed by atoms with Gasteiger partial charge in [0.05, 0.1) is 28.8 Å². The number of amides is 1. The van der Waals surface area contributed by atoms with Gasteiger partial charge in [-0.15, -0.1) is 0 Å². The largest absolute Gasteiger partial charge is 0.417 e. The molecule has 1 aliphatic rings. The summed E-state index contributed by atoms with van der Waals surface area (Å²) in [6.07, 6.45) is -8.68. The van der Waals surface area contributed by atoms with E-state index in [1.165, 1.54) is 6.20 Å². The Morgan fingerprint density at radius 3 is 2.24 bits per heavy atom. The van der Waals surface area contributed by atoms with Crippen molar-refractivity contribution in [2.45, 2.75) is 23.8 Å². The fourth-order valence-electron chi connectivity index (χ4n) is 4.26. The van der Waals surface area contributed by atoms with E-state index in [-0.39, 0.29) is 23.7 Å². The van der Waals surface area contributed by atoms with Crippen LogP contribution in [-0.4, -0.2) is 23.6 Å². The number of para-hydroxylation sites is 1. The van der Waals surface area contributed by atoms with Gasteiger partial charge in [-0.2, -0.15) is 26.3 Å². The van der Waals surface area contributed by atoms with Crippen LogP contribution in [0.3, 0.4) is 0 Å². The molecule has 0 fully saturated rings. The number of sulfonamides is 1. The molecule has 0 aliphatic carbocycles. The molecule has 1 aromatic heterocycles. The molecule has 3 aromatic carbocycles. The Morgan fingerprint density at radius 2 is 1.54 bits per heavy atom. The van der Waals surface area contributed by atoms with Crippen LogP contribution >= 0.6 is 0 Å². The first-order valence-corrected chi connectivity index (χ1v) is 12.0.